The number of hydrogen-bond acceptors (Lipinski definition) is 6. The molecular weight excluding hydrogens is 272 g/mol. The first-order valence-corrected chi connectivity index (χ1v) is 7.13. The molecule has 1 aliphatic rings. The third-order valence-electron chi connectivity index (χ3n) is 3.24. The molecule has 0 bridgehead atoms. The quantitative estimate of drug-likeness (QED) is 0.836. The van der Waals surface area contributed by atoms with Crippen LogP contribution >= 0.6 is 0 Å². The van der Waals surface area contributed by atoms with Crippen molar-refractivity contribution >= 4 is 11.9 Å². The van der Waals surface area contributed by atoms with E-state index in [0.717, 1.165) is 18.9 Å². The maximum atomic E-state index is 11.9. The van der Waals surface area contributed by atoms with Gasteiger partial charge >= 0.3 is 6.09 Å². The van der Waals surface area contributed by atoms with E-state index in [4.69, 9.17) is 9.47 Å². The Morgan fingerprint density at radius 1 is 1.29 bits per heavy atom. The summed E-state index contributed by atoms with van der Waals surface area (Å²) in [6, 6.07) is 1.80. The fourth-order valence-corrected chi connectivity index (χ4v) is 2.06. The van der Waals surface area contributed by atoms with Crippen LogP contribution in [0, 0.1) is 5.92 Å². The van der Waals surface area contributed by atoms with E-state index in [1.165, 1.54) is 6.33 Å². The fraction of sp³-hybridized carbons (Fsp3) is 0.643. The van der Waals surface area contributed by atoms with Gasteiger partial charge < -0.3 is 19.3 Å². The van der Waals surface area contributed by atoms with Crippen molar-refractivity contribution < 1.29 is 14.3 Å². The summed E-state index contributed by atoms with van der Waals surface area (Å²) < 4.78 is 10.3. The topological polar surface area (TPSA) is 67.8 Å². The number of hydrogen-bond donors (Lipinski definition) is 0. The van der Waals surface area contributed by atoms with Gasteiger partial charge in [0.05, 0.1) is 13.7 Å². The van der Waals surface area contributed by atoms with Crippen LogP contribution in [0.25, 0.3) is 0 Å². The molecule has 0 aromatic carbocycles. The van der Waals surface area contributed by atoms with Gasteiger partial charge in [-0.15, -0.1) is 0 Å². The second kappa shape index (κ2) is 7.10. The number of amides is 1. The third kappa shape index (κ3) is 4.21. The molecule has 0 aliphatic carbocycles. The number of nitrogens with zero attached hydrogens (tertiary/aromatic N) is 4. The normalized spacial score (nSPS) is 15.2. The van der Waals surface area contributed by atoms with Gasteiger partial charge in [-0.3, -0.25) is 0 Å². The van der Waals surface area contributed by atoms with Crippen LogP contribution in [-0.2, 0) is 4.74 Å². The molecule has 0 spiro atoms. The monoisotopic (exact) mass is 294 g/mol. The second-order valence-corrected chi connectivity index (χ2v) is 5.36. The Labute approximate surface area is 124 Å². The largest absolute Gasteiger partial charge is 0.481 e. The van der Waals surface area contributed by atoms with E-state index >= 15 is 0 Å². The van der Waals surface area contributed by atoms with Crippen LogP contribution in [0.15, 0.2) is 12.4 Å². The van der Waals surface area contributed by atoms with E-state index < -0.39 is 0 Å². The minimum absolute atomic E-state index is 0.233. The van der Waals surface area contributed by atoms with Gasteiger partial charge in [-0.2, -0.15) is 0 Å². The lowest BCUT2D eigenvalue weighted by atomic mass is 10.2. The minimum atomic E-state index is -0.233. The highest BCUT2D eigenvalue weighted by molar-refractivity contribution is 5.68. The molecule has 1 aromatic rings. The lowest BCUT2D eigenvalue weighted by molar-refractivity contribution is 0.0901. The number of ether oxygens (including phenoxy) is 2. The number of anilines is 1. The molecule has 2 rings (SSSR count). The molecule has 1 fully saturated rings. The number of aromatic nitrogens is 2. The zero-order valence-corrected chi connectivity index (χ0v) is 12.8. The summed E-state index contributed by atoms with van der Waals surface area (Å²) in [6.45, 7) is 7.20. The van der Waals surface area contributed by atoms with Gasteiger partial charge in [-0.1, -0.05) is 13.8 Å². The summed E-state index contributed by atoms with van der Waals surface area (Å²) >= 11 is 0. The zero-order chi connectivity index (χ0) is 15.2. The highest BCUT2D eigenvalue weighted by atomic mass is 16.6. The van der Waals surface area contributed by atoms with Crippen molar-refractivity contribution in [1.29, 1.82) is 0 Å². The van der Waals surface area contributed by atoms with Crippen molar-refractivity contribution in [2.75, 3.05) is 44.8 Å². The van der Waals surface area contributed by atoms with Gasteiger partial charge in [0, 0.05) is 32.2 Å². The van der Waals surface area contributed by atoms with E-state index in [-0.39, 0.29) is 6.09 Å². The first-order valence-electron chi connectivity index (χ1n) is 7.13. The molecule has 116 valence electrons. The molecule has 0 saturated carbocycles. The Morgan fingerprint density at radius 2 is 2.00 bits per heavy atom. The van der Waals surface area contributed by atoms with Crippen LogP contribution in [0.1, 0.15) is 13.8 Å². The van der Waals surface area contributed by atoms with Gasteiger partial charge in [-0.25, -0.2) is 14.8 Å². The van der Waals surface area contributed by atoms with Crippen LogP contribution in [0.5, 0.6) is 5.88 Å². The molecule has 0 unspecified atom stereocenters. The Bertz CT molecular complexity index is 473. The first kappa shape index (κ1) is 15.3. The summed E-state index contributed by atoms with van der Waals surface area (Å²) in [5.41, 5.74) is 0. The molecule has 1 aliphatic heterocycles. The average Bonchev–Trinajstić information content (AvgIpc) is 2.52. The lowest BCUT2D eigenvalue weighted by Crippen LogP contribution is -2.49. The van der Waals surface area contributed by atoms with Crippen molar-refractivity contribution in [3.63, 3.8) is 0 Å². The third-order valence-corrected chi connectivity index (χ3v) is 3.24. The molecule has 0 atom stereocenters. The summed E-state index contributed by atoms with van der Waals surface area (Å²) in [4.78, 5) is 24.0. The Morgan fingerprint density at radius 3 is 2.62 bits per heavy atom. The van der Waals surface area contributed by atoms with Crippen LogP contribution < -0.4 is 9.64 Å². The number of carbonyl (C=O) groups is 1. The van der Waals surface area contributed by atoms with Crippen molar-refractivity contribution in [3.8, 4) is 5.88 Å². The SMILES string of the molecule is COc1cc(N2CCN(C(=O)OCC(C)C)CC2)ncn1. The maximum absolute atomic E-state index is 11.9. The Balaban J connectivity index is 1.86. The van der Waals surface area contributed by atoms with Gasteiger partial charge in [-0.05, 0) is 5.92 Å². The van der Waals surface area contributed by atoms with Crippen LogP contribution in [0.4, 0.5) is 10.6 Å². The van der Waals surface area contributed by atoms with Gasteiger partial charge in [0.2, 0.25) is 5.88 Å². The smallest absolute Gasteiger partial charge is 0.409 e. The first-order chi connectivity index (χ1) is 10.1. The minimum Gasteiger partial charge on any atom is -0.481 e. The fourth-order valence-electron chi connectivity index (χ4n) is 2.06. The predicted molar refractivity (Wildman–Crippen MR) is 78.6 cm³/mol. The molecule has 0 radical (unpaired) electrons. The molecule has 0 N–H and O–H groups in total. The van der Waals surface area contributed by atoms with E-state index in [1.807, 2.05) is 13.8 Å². The van der Waals surface area contributed by atoms with Gasteiger partial charge in [0.25, 0.3) is 0 Å². The molecule has 7 nitrogen and oxygen atoms in total. The summed E-state index contributed by atoms with van der Waals surface area (Å²) in [5, 5.41) is 0. The van der Waals surface area contributed by atoms with Gasteiger partial charge in [0.1, 0.15) is 12.1 Å². The van der Waals surface area contributed by atoms with E-state index in [0.29, 0.717) is 31.5 Å². The summed E-state index contributed by atoms with van der Waals surface area (Å²) in [7, 11) is 1.58. The highest BCUT2D eigenvalue weighted by Crippen LogP contribution is 2.17. The lowest BCUT2D eigenvalue weighted by Gasteiger charge is -2.34. The molecule has 1 saturated heterocycles. The van der Waals surface area contributed by atoms with Crippen molar-refractivity contribution in [2.24, 2.45) is 5.92 Å². The highest BCUT2D eigenvalue weighted by Gasteiger charge is 2.23. The molecular formula is C14H22N4O3. The number of piperazine rings is 1. The average molecular weight is 294 g/mol. The standard InChI is InChI=1S/C14H22N4O3/c1-11(2)9-21-14(19)18-6-4-17(5-7-18)12-8-13(20-3)16-10-15-12/h8,10-11H,4-7,9H2,1-3H3. The van der Waals surface area contributed by atoms with E-state index in [2.05, 4.69) is 14.9 Å². The number of methoxy groups -OCH3 is 1. The van der Waals surface area contributed by atoms with E-state index in [1.54, 1.807) is 18.1 Å². The van der Waals surface area contributed by atoms with Crippen LogP contribution in [-0.4, -0.2) is 60.9 Å². The summed E-state index contributed by atoms with van der Waals surface area (Å²) in [6.07, 6.45) is 1.25. The van der Waals surface area contributed by atoms with Crippen molar-refractivity contribution in [1.82, 2.24) is 14.9 Å². The summed E-state index contributed by atoms with van der Waals surface area (Å²) in [5.74, 6) is 1.71. The predicted octanol–water partition coefficient (Wildman–Crippen LogP) is 1.40. The van der Waals surface area contributed by atoms with E-state index in [9.17, 15) is 4.79 Å². The molecule has 1 aromatic heterocycles. The van der Waals surface area contributed by atoms with Crippen molar-refractivity contribution in [2.45, 2.75) is 13.8 Å². The Hall–Kier alpha value is -2.05. The number of rotatable bonds is 4. The maximum Gasteiger partial charge on any atom is 0.409 e. The van der Waals surface area contributed by atoms with Gasteiger partial charge in [0.15, 0.2) is 0 Å². The van der Waals surface area contributed by atoms with Crippen LogP contribution in [0.3, 0.4) is 0 Å². The Kier molecular flexibility index (Phi) is 5.19. The molecule has 21 heavy (non-hydrogen) atoms. The van der Waals surface area contributed by atoms with Crippen molar-refractivity contribution in [3.05, 3.63) is 12.4 Å². The second-order valence-electron chi connectivity index (χ2n) is 5.36. The van der Waals surface area contributed by atoms with Crippen LogP contribution in [0.2, 0.25) is 0 Å². The molecule has 7 heteroatoms. The molecule has 2 heterocycles. The number of carbonyl (C=O) groups excluding carboxylic acids is 1. The molecule has 1 amide bonds. The zero-order valence-electron chi connectivity index (χ0n) is 12.8.